The maximum atomic E-state index is 11.7. The van der Waals surface area contributed by atoms with Crippen molar-refractivity contribution in [3.8, 4) is 0 Å². The smallest absolute Gasteiger partial charge is 0.306 e. The molecule has 2 rings (SSSR count). The van der Waals surface area contributed by atoms with E-state index in [9.17, 15) is 9.59 Å². The quantitative estimate of drug-likeness (QED) is 0.807. The molecule has 2 N–H and O–H groups in total. The van der Waals surface area contributed by atoms with Crippen molar-refractivity contribution < 1.29 is 14.7 Å². The molecule has 1 heterocycles. The average molecular weight is 275 g/mol. The summed E-state index contributed by atoms with van der Waals surface area (Å²) in [4.78, 5) is 22.3. The lowest BCUT2D eigenvalue weighted by atomic mass is 9.80. The van der Waals surface area contributed by atoms with Crippen LogP contribution in [0.15, 0.2) is 0 Å². The third kappa shape index (κ3) is 3.81. The predicted octanol–water partition coefficient (Wildman–Crippen LogP) is 1.20. The van der Waals surface area contributed by atoms with Crippen LogP contribution in [-0.2, 0) is 9.59 Å². The molecular formula is C11H17NO3S2. The number of aliphatic carboxylic acids is 1. The Labute approximate surface area is 109 Å². The molecule has 17 heavy (non-hydrogen) atoms. The van der Waals surface area contributed by atoms with Gasteiger partial charge >= 0.3 is 5.97 Å². The summed E-state index contributed by atoms with van der Waals surface area (Å²) >= 11 is 3.78. The number of thioether (sulfide) groups is 2. The van der Waals surface area contributed by atoms with Crippen LogP contribution in [0.3, 0.4) is 0 Å². The van der Waals surface area contributed by atoms with Gasteiger partial charge < -0.3 is 10.4 Å². The molecule has 0 radical (unpaired) electrons. The van der Waals surface area contributed by atoms with Gasteiger partial charge in [0, 0.05) is 35.0 Å². The highest BCUT2D eigenvalue weighted by atomic mass is 32.2. The van der Waals surface area contributed by atoms with E-state index in [1.54, 1.807) is 0 Å². The SMILES string of the molecule is O=C(CC1CSCCS1)NC1CC(C(=O)O)C1. The zero-order chi connectivity index (χ0) is 12.3. The van der Waals surface area contributed by atoms with E-state index in [1.165, 1.54) is 5.75 Å². The molecule has 0 spiro atoms. The van der Waals surface area contributed by atoms with Gasteiger partial charge in [-0.1, -0.05) is 0 Å². The van der Waals surface area contributed by atoms with Gasteiger partial charge in [-0.15, -0.1) is 0 Å². The molecule has 2 aliphatic rings. The van der Waals surface area contributed by atoms with Gasteiger partial charge in [-0.05, 0) is 12.8 Å². The second kappa shape index (κ2) is 6.00. The lowest BCUT2D eigenvalue weighted by Gasteiger charge is -2.33. The van der Waals surface area contributed by atoms with Gasteiger partial charge in [0.15, 0.2) is 0 Å². The highest BCUT2D eigenvalue weighted by Crippen LogP contribution is 2.29. The van der Waals surface area contributed by atoms with Crippen molar-refractivity contribution in [3.05, 3.63) is 0 Å². The van der Waals surface area contributed by atoms with Crippen LogP contribution in [-0.4, -0.2) is 45.5 Å². The van der Waals surface area contributed by atoms with Gasteiger partial charge in [0.05, 0.1) is 5.92 Å². The van der Waals surface area contributed by atoms with Crippen LogP contribution in [0.4, 0.5) is 0 Å². The molecule has 1 atom stereocenters. The molecular weight excluding hydrogens is 258 g/mol. The molecule has 96 valence electrons. The van der Waals surface area contributed by atoms with E-state index in [0.29, 0.717) is 24.5 Å². The van der Waals surface area contributed by atoms with E-state index in [1.807, 2.05) is 23.5 Å². The summed E-state index contributed by atoms with van der Waals surface area (Å²) in [7, 11) is 0. The summed E-state index contributed by atoms with van der Waals surface area (Å²) < 4.78 is 0. The van der Waals surface area contributed by atoms with Crippen molar-refractivity contribution >= 4 is 35.4 Å². The summed E-state index contributed by atoms with van der Waals surface area (Å²) in [6.45, 7) is 0. The molecule has 6 heteroatoms. The number of nitrogens with one attached hydrogen (secondary N) is 1. The Morgan fingerprint density at radius 1 is 1.29 bits per heavy atom. The highest BCUT2D eigenvalue weighted by molar-refractivity contribution is 8.06. The Morgan fingerprint density at radius 2 is 2.06 bits per heavy atom. The van der Waals surface area contributed by atoms with Crippen LogP contribution in [0.2, 0.25) is 0 Å². The van der Waals surface area contributed by atoms with E-state index >= 15 is 0 Å². The van der Waals surface area contributed by atoms with Gasteiger partial charge in [-0.3, -0.25) is 9.59 Å². The summed E-state index contributed by atoms with van der Waals surface area (Å²) in [6, 6.07) is 0.0878. The van der Waals surface area contributed by atoms with Crippen LogP contribution < -0.4 is 5.32 Å². The van der Waals surface area contributed by atoms with Crippen LogP contribution in [0.1, 0.15) is 19.3 Å². The summed E-state index contributed by atoms with van der Waals surface area (Å²) in [6.07, 6.45) is 1.76. The summed E-state index contributed by atoms with van der Waals surface area (Å²) in [5.74, 6) is 2.47. The minimum Gasteiger partial charge on any atom is -0.481 e. The molecule has 1 aliphatic carbocycles. The van der Waals surface area contributed by atoms with Crippen molar-refractivity contribution in [2.24, 2.45) is 5.92 Å². The van der Waals surface area contributed by atoms with Gasteiger partial charge in [0.1, 0.15) is 0 Å². The number of amides is 1. The minimum atomic E-state index is -0.741. The molecule has 4 nitrogen and oxygen atoms in total. The van der Waals surface area contributed by atoms with E-state index < -0.39 is 5.97 Å². The van der Waals surface area contributed by atoms with Crippen molar-refractivity contribution in [1.29, 1.82) is 0 Å². The Hall–Kier alpha value is -0.360. The number of carbonyl (C=O) groups is 2. The number of carbonyl (C=O) groups excluding carboxylic acids is 1. The van der Waals surface area contributed by atoms with E-state index in [0.717, 1.165) is 11.5 Å². The molecule has 1 saturated heterocycles. The van der Waals surface area contributed by atoms with E-state index in [2.05, 4.69) is 5.32 Å². The lowest BCUT2D eigenvalue weighted by Crippen LogP contribution is -2.47. The number of carboxylic acids is 1. The van der Waals surface area contributed by atoms with Crippen molar-refractivity contribution in [2.75, 3.05) is 17.3 Å². The molecule has 1 amide bonds. The minimum absolute atomic E-state index is 0.0823. The summed E-state index contributed by atoms with van der Waals surface area (Å²) in [5.41, 5.74) is 0. The molecule has 0 bridgehead atoms. The fourth-order valence-corrected chi connectivity index (χ4v) is 4.77. The van der Waals surface area contributed by atoms with E-state index in [4.69, 9.17) is 5.11 Å². The number of rotatable bonds is 4. The lowest BCUT2D eigenvalue weighted by molar-refractivity contribution is -0.146. The van der Waals surface area contributed by atoms with Gasteiger partial charge in [0.2, 0.25) is 5.91 Å². The van der Waals surface area contributed by atoms with Gasteiger partial charge in [-0.25, -0.2) is 0 Å². The second-order valence-electron chi connectivity index (χ2n) is 4.54. The fourth-order valence-electron chi connectivity index (χ4n) is 2.09. The Morgan fingerprint density at radius 3 is 2.65 bits per heavy atom. The van der Waals surface area contributed by atoms with Gasteiger partial charge in [0.25, 0.3) is 0 Å². The monoisotopic (exact) mass is 275 g/mol. The van der Waals surface area contributed by atoms with Crippen LogP contribution in [0, 0.1) is 5.92 Å². The fraction of sp³-hybridized carbons (Fsp3) is 0.818. The van der Waals surface area contributed by atoms with Crippen molar-refractivity contribution in [1.82, 2.24) is 5.32 Å². The molecule has 1 unspecified atom stereocenters. The Balaban J connectivity index is 1.63. The van der Waals surface area contributed by atoms with Crippen molar-refractivity contribution in [2.45, 2.75) is 30.6 Å². The highest BCUT2D eigenvalue weighted by Gasteiger charge is 2.35. The second-order valence-corrected chi connectivity index (χ2v) is 7.10. The number of carboxylic acid groups (broad SMARTS) is 1. The van der Waals surface area contributed by atoms with Crippen LogP contribution in [0.5, 0.6) is 0 Å². The van der Waals surface area contributed by atoms with E-state index in [-0.39, 0.29) is 17.9 Å². The standard InChI is InChI=1S/C11H17NO3S2/c13-10(5-9-6-16-1-2-17-9)12-8-3-7(4-8)11(14)15/h7-9H,1-6H2,(H,12,13)(H,14,15). The number of hydrogen-bond acceptors (Lipinski definition) is 4. The molecule has 1 saturated carbocycles. The topological polar surface area (TPSA) is 66.4 Å². The first-order chi connectivity index (χ1) is 8.15. The predicted molar refractivity (Wildman–Crippen MR) is 70.5 cm³/mol. The zero-order valence-corrected chi connectivity index (χ0v) is 11.2. The van der Waals surface area contributed by atoms with Crippen LogP contribution >= 0.6 is 23.5 Å². The summed E-state index contributed by atoms with van der Waals surface area (Å²) in [5, 5.41) is 12.1. The van der Waals surface area contributed by atoms with Gasteiger partial charge in [-0.2, -0.15) is 23.5 Å². The normalized spacial score (nSPS) is 32.6. The molecule has 1 aliphatic heterocycles. The molecule has 0 aromatic rings. The number of hydrogen-bond donors (Lipinski definition) is 2. The maximum absolute atomic E-state index is 11.7. The molecule has 2 fully saturated rings. The van der Waals surface area contributed by atoms with Crippen molar-refractivity contribution in [3.63, 3.8) is 0 Å². The first kappa shape index (κ1) is 13.1. The molecule has 0 aromatic heterocycles. The average Bonchev–Trinajstić information content (AvgIpc) is 2.23. The maximum Gasteiger partial charge on any atom is 0.306 e. The first-order valence-electron chi connectivity index (χ1n) is 5.86. The first-order valence-corrected chi connectivity index (χ1v) is 8.07. The Bertz CT molecular complexity index is 299. The third-order valence-corrected chi connectivity index (χ3v) is 6.00. The Kier molecular flexibility index (Phi) is 4.62. The van der Waals surface area contributed by atoms with Crippen LogP contribution in [0.25, 0.3) is 0 Å². The zero-order valence-electron chi connectivity index (χ0n) is 9.55. The largest absolute Gasteiger partial charge is 0.481 e. The molecule has 0 aromatic carbocycles. The third-order valence-electron chi connectivity index (χ3n) is 3.15.